The lowest BCUT2D eigenvalue weighted by molar-refractivity contribution is -0.113. The number of benzene rings is 1. The predicted octanol–water partition coefficient (Wildman–Crippen LogP) is 3.58. The van der Waals surface area contributed by atoms with E-state index in [0.717, 1.165) is 29.0 Å². The topological polar surface area (TPSA) is 64.7 Å². The fourth-order valence-corrected chi connectivity index (χ4v) is 2.41. The van der Waals surface area contributed by atoms with Crippen LogP contribution < -0.4 is 5.73 Å². The second-order valence-corrected chi connectivity index (χ2v) is 5.33. The van der Waals surface area contributed by atoms with Crippen molar-refractivity contribution in [3.63, 3.8) is 0 Å². The van der Waals surface area contributed by atoms with Crippen LogP contribution >= 0.6 is 0 Å². The number of Topliss-reactive ketones (excluding diaryl/α,β-unsaturated/α-hetero) is 1. The number of nitrogens with zero attached hydrogens (tertiary/aromatic N) is 1. The van der Waals surface area contributed by atoms with Crippen LogP contribution in [0.3, 0.4) is 0 Å². The fourth-order valence-electron chi connectivity index (χ4n) is 2.41. The van der Waals surface area contributed by atoms with Gasteiger partial charge in [0.2, 0.25) is 0 Å². The summed E-state index contributed by atoms with van der Waals surface area (Å²) >= 11 is 0. The summed E-state index contributed by atoms with van der Waals surface area (Å²) in [5, 5.41) is 0. The quantitative estimate of drug-likeness (QED) is 0.864. The summed E-state index contributed by atoms with van der Waals surface area (Å²) in [6.45, 7) is 6.07. The monoisotopic (exact) mass is 298 g/mol. The fraction of sp³-hybridized carbons (Fsp3) is 0.333. The second-order valence-electron chi connectivity index (χ2n) is 5.33. The van der Waals surface area contributed by atoms with Gasteiger partial charge in [-0.2, -0.15) is 0 Å². The van der Waals surface area contributed by atoms with Crippen LogP contribution in [0.15, 0.2) is 52.4 Å². The molecule has 0 spiro atoms. The molecule has 0 saturated heterocycles. The number of ketones is 1. The molecule has 116 valence electrons. The van der Waals surface area contributed by atoms with E-state index in [1.807, 2.05) is 44.2 Å². The minimum absolute atomic E-state index is 0.125. The highest BCUT2D eigenvalue weighted by molar-refractivity contribution is 6.14. The van der Waals surface area contributed by atoms with Crippen molar-refractivity contribution >= 4 is 17.2 Å². The molecule has 0 radical (unpaired) electrons. The Morgan fingerprint density at radius 3 is 2.77 bits per heavy atom. The molecule has 0 aliphatic heterocycles. The number of hydrogen-bond acceptors (Lipinski definition) is 4. The highest BCUT2D eigenvalue weighted by Gasteiger charge is 2.19. The molecule has 2 N–H and O–H groups in total. The lowest BCUT2D eigenvalue weighted by atomic mass is 9.94. The van der Waals surface area contributed by atoms with Crippen LogP contribution in [0.4, 0.5) is 5.69 Å². The van der Waals surface area contributed by atoms with Gasteiger partial charge in [0.1, 0.15) is 0 Å². The normalized spacial score (nSPS) is 18.9. The molecular formula is C18H22N2O2. The molecule has 0 aromatic heterocycles. The van der Waals surface area contributed by atoms with Gasteiger partial charge in [0.15, 0.2) is 5.78 Å². The summed E-state index contributed by atoms with van der Waals surface area (Å²) in [6, 6.07) is 7.91. The highest BCUT2D eigenvalue weighted by Crippen LogP contribution is 2.26. The van der Waals surface area contributed by atoms with Crippen molar-refractivity contribution in [2.45, 2.75) is 33.6 Å². The molecule has 0 heterocycles. The standard InChI is InChI=1S/C18H22N2O2/c1-4-22-15-8-9-16(18(19)13(3)21)17(11-15)20-14-7-5-6-12(2)10-14/h5-7,10-11H,4,8-9,19H2,1-3H3/b18-16-,20-17?. The average Bonchev–Trinajstić information content (AvgIpc) is 2.47. The molecular weight excluding hydrogens is 276 g/mol. The molecule has 4 heteroatoms. The van der Waals surface area contributed by atoms with Gasteiger partial charge in [-0.15, -0.1) is 0 Å². The SMILES string of the molecule is CCOC1=CC(=Nc2cccc(C)c2)/C(=C(\N)C(C)=O)CC1. The number of ether oxygens (including phenoxy) is 1. The first kappa shape index (κ1) is 16.0. The smallest absolute Gasteiger partial charge is 0.175 e. The highest BCUT2D eigenvalue weighted by atomic mass is 16.5. The van der Waals surface area contributed by atoms with Gasteiger partial charge in [-0.3, -0.25) is 4.79 Å². The van der Waals surface area contributed by atoms with Gasteiger partial charge >= 0.3 is 0 Å². The maximum atomic E-state index is 11.6. The largest absolute Gasteiger partial charge is 0.498 e. The van der Waals surface area contributed by atoms with Crippen LogP contribution in [0.2, 0.25) is 0 Å². The van der Waals surface area contributed by atoms with E-state index >= 15 is 0 Å². The number of carbonyl (C=O) groups is 1. The first-order valence-electron chi connectivity index (χ1n) is 7.50. The van der Waals surface area contributed by atoms with Crippen LogP contribution in [0.1, 0.15) is 32.3 Å². The van der Waals surface area contributed by atoms with Crippen molar-refractivity contribution in [3.05, 3.63) is 52.9 Å². The second kappa shape index (κ2) is 7.07. The van der Waals surface area contributed by atoms with Crippen LogP contribution in [0, 0.1) is 6.92 Å². The van der Waals surface area contributed by atoms with Crippen LogP contribution in [-0.4, -0.2) is 18.1 Å². The van der Waals surface area contributed by atoms with Crippen molar-refractivity contribution in [2.24, 2.45) is 10.7 Å². The zero-order valence-corrected chi connectivity index (χ0v) is 13.3. The predicted molar refractivity (Wildman–Crippen MR) is 89.1 cm³/mol. The molecule has 4 nitrogen and oxygen atoms in total. The van der Waals surface area contributed by atoms with Crippen molar-refractivity contribution in [2.75, 3.05) is 6.61 Å². The number of rotatable bonds is 4. The number of allylic oxidation sites excluding steroid dienone is 4. The van der Waals surface area contributed by atoms with Gasteiger partial charge in [0.25, 0.3) is 0 Å². The minimum Gasteiger partial charge on any atom is -0.498 e. The van der Waals surface area contributed by atoms with E-state index in [0.29, 0.717) is 24.4 Å². The maximum absolute atomic E-state index is 11.6. The van der Waals surface area contributed by atoms with Crippen LogP contribution in [0.5, 0.6) is 0 Å². The van der Waals surface area contributed by atoms with E-state index in [-0.39, 0.29) is 5.78 Å². The van der Waals surface area contributed by atoms with Gasteiger partial charge in [-0.25, -0.2) is 4.99 Å². The Kier molecular flexibility index (Phi) is 5.15. The van der Waals surface area contributed by atoms with Gasteiger partial charge in [-0.1, -0.05) is 12.1 Å². The lowest BCUT2D eigenvalue weighted by Crippen LogP contribution is -2.19. The summed E-state index contributed by atoms with van der Waals surface area (Å²) in [5.74, 6) is 0.759. The Morgan fingerprint density at radius 1 is 1.36 bits per heavy atom. The number of hydrogen-bond donors (Lipinski definition) is 1. The zero-order chi connectivity index (χ0) is 16.1. The molecule has 2 rings (SSSR count). The molecule has 0 unspecified atom stereocenters. The Balaban J connectivity index is 2.49. The van der Waals surface area contributed by atoms with E-state index in [2.05, 4.69) is 4.99 Å². The third kappa shape index (κ3) is 3.85. The summed E-state index contributed by atoms with van der Waals surface area (Å²) in [5.41, 5.74) is 9.75. The van der Waals surface area contributed by atoms with Gasteiger partial charge in [0.05, 0.1) is 29.5 Å². The molecule has 1 aliphatic carbocycles. The third-order valence-corrected chi connectivity index (χ3v) is 3.51. The average molecular weight is 298 g/mol. The lowest BCUT2D eigenvalue weighted by Gasteiger charge is -2.19. The molecule has 1 aromatic rings. The van der Waals surface area contributed by atoms with Gasteiger partial charge in [-0.05, 0) is 38.0 Å². The molecule has 0 fully saturated rings. The minimum atomic E-state index is -0.125. The Morgan fingerprint density at radius 2 is 2.14 bits per heavy atom. The Bertz CT molecular complexity index is 669. The van der Waals surface area contributed by atoms with Crippen LogP contribution in [0.25, 0.3) is 0 Å². The first-order valence-corrected chi connectivity index (χ1v) is 7.50. The van der Waals surface area contributed by atoms with E-state index in [1.165, 1.54) is 6.92 Å². The summed E-state index contributed by atoms with van der Waals surface area (Å²) in [7, 11) is 0. The molecule has 0 amide bonds. The van der Waals surface area contributed by atoms with Crippen molar-refractivity contribution in [1.29, 1.82) is 0 Å². The van der Waals surface area contributed by atoms with Gasteiger partial charge < -0.3 is 10.5 Å². The number of carbonyl (C=O) groups excluding carboxylic acids is 1. The Labute approximate surface area is 131 Å². The molecule has 0 bridgehead atoms. The summed E-state index contributed by atoms with van der Waals surface area (Å²) in [4.78, 5) is 16.3. The van der Waals surface area contributed by atoms with Crippen molar-refractivity contribution in [3.8, 4) is 0 Å². The molecule has 0 saturated carbocycles. The molecule has 1 aromatic carbocycles. The van der Waals surface area contributed by atoms with E-state index in [4.69, 9.17) is 10.5 Å². The zero-order valence-electron chi connectivity index (χ0n) is 13.3. The van der Waals surface area contributed by atoms with Crippen molar-refractivity contribution in [1.82, 2.24) is 0 Å². The van der Waals surface area contributed by atoms with Crippen molar-refractivity contribution < 1.29 is 9.53 Å². The third-order valence-electron chi connectivity index (χ3n) is 3.51. The molecule has 22 heavy (non-hydrogen) atoms. The summed E-state index contributed by atoms with van der Waals surface area (Å²) < 4.78 is 5.59. The number of aliphatic imine (C=N–C) groups is 1. The number of nitrogens with two attached hydrogens (primary N) is 1. The molecule has 1 aliphatic rings. The van der Waals surface area contributed by atoms with Crippen LogP contribution in [-0.2, 0) is 9.53 Å². The number of aryl methyl sites for hydroxylation is 1. The van der Waals surface area contributed by atoms with Gasteiger partial charge in [0, 0.05) is 25.0 Å². The Hall–Kier alpha value is -2.36. The first-order chi connectivity index (χ1) is 10.5. The molecule has 0 atom stereocenters. The van der Waals surface area contributed by atoms with E-state index in [9.17, 15) is 4.79 Å². The van der Waals surface area contributed by atoms with E-state index in [1.54, 1.807) is 0 Å². The van der Waals surface area contributed by atoms with E-state index < -0.39 is 0 Å². The summed E-state index contributed by atoms with van der Waals surface area (Å²) in [6.07, 6.45) is 3.30. The maximum Gasteiger partial charge on any atom is 0.175 e.